The maximum atomic E-state index is 3.62. The lowest BCUT2D eigenvalue weighted by Gasteiger charge is -2.30. The molecule has 0 aromatic carbocycles. The molecule has 0 atom stereocenters. The van der Waals surface area contributed by atoms with Crippen LogP contribution in [0.5, 0.6) is 0 Å². The van der Waals surface area contributed by atoms with Crippen molar-refractivity contribution in [3.8, 4) is 0 Å². The van der Waals surface area contributed by atoms with Gasteiger partial charge in [-0.2, -0.15) is 0 Å². The summed E-state index contributed by atoms with van der Waals surface area (Å²) < 4.78 is 0. The standard InChI is InChI=1S/C11H20N2/c1-3-4-10-12-13(2)11-8-6-5-7-9-11/h3-4,10-12H,1,5-9H2,2H3/b10-4-. The highest BCUT2D eigenvalue weighted by molar-refractivity contribution is 4.95. The van der Waals surface area contributed by atoms with Gasteiger partial charge in [0.2, 0.25) is 0 Å². The van der Waals surface area contributed by atoms with Crippen LogP contribution in [0.25, 0.3) is 0 Å². The average molecular weight is 180 g/mol. The zero-order valence-electron chi connectivity index (χ0n) is 8.50. The number of hydrogen-bond donors (Lipinski definition) is 1. The van der Waals surface area contributed by atoms with Crippen LogP contribution in [0.1, 0.15) is 32.1 Å². The molecule has 1 N–H and O–H groups in total. The first-order valence-corrected chi connectivity index (χ1v) is 5.11. The Morgan fingerprint density at radius 2 is 2.00 bits per heavy atom. The zero-order valence-corrected chi connectivity index (χ0v) is 8.50. The third-order valence-electron chi connectivity index (χ3n) is 2.63. The minimum Gasteiger partial charge on any atom is -0.326 e. The molecule has 0 aromatic rings. The molecule has 0 amide bonds. The molecule has 2 nitrogen and oxygen atoms in total. The van der Waals surface area contributed by atoms with Gasteiger partial charge < -0.3 is 5.43 Å². The minimum absolute atomic E-state index is 0.711. The number of nitrogens with one attached hydrogen (secondary N) is 1. The summed E-state index contributed by atoms with van der Waals surface area (Å²) in [6.07, 6.45) is 12.4. The summed E-state index contributed by atoms with van der Waals surface area (Å²) in [6, 6.07) is 0.711. The van der Waals surface area contributed by atoms with Crippen molar-refractivity contribution in [3.63, 3.8) is 0 Å². The van der Waals surface area contributed by atoms with Crippen molar-refractivity contribution in [2.75, 3.05) is 7.05 Å². The van der Waals surface area contributed by atoms with Crippen LogP contribution in [0.3, 0.4) is 0 Å². The highest BCUT2D eigenvalue weighted by Crippen LogP contribution is 2.20. The van der Waals surface area contributed by atoms with E-state index in [1.54, 1.807) is 6.08 Å². The third-order valence-corrected chi connectivity index (χ3v) is 2.63. The van der Waals surface area contributed by atoms with Crippen LogP contribution in [-0.4, -0.2) is 18.1 Å². The first-order valence-electron chi connectivity index (χ1n) is 5.11. The first kappa shape index (κ1) is 10.3. The van der Waals surface area contributed by atoms with Gasteiger partial charge in [-0.15, -0.1) is 0 Å². The van der Waals surface area contributed by atoms with Crippen molar-refractivity contribution in [2.24, 2.45) is 0 Å². The van der Waals surface area contributed by atoms with Crippen molar-refractivity contribution in [1.82, 2.24) is 10.4 Å². The predicted octanol–water partition coefficient (Wildman–Crippen LogP) is 2.46. The highest BCUT2D eigenvalue weighted by atomic mass is 15.5. The molecule has 0 aromatic heterocycles. The van der Waals surface area contributed by atoms with Crippen molar-refractivity contribution in [3.05, 3.63) is 24.9 Å². The van der Waals surface area contributed by atoms with Gasteiger partial charge in [-0.3, -0.25) is 0 Å². The van der Waals surface area contributed by atoms with Gasteiger partial charge >= 0.3 is 0 Å². The lowest BCUT2D eigenvalue weighted by molar-refractivity contribution is 0.153. The van der Waals surface area contributed by atoms with Gasteiger partial charge in [-0.05, 0) is 18.9 Å². The molecule has 13 heavy (non-hydrogen) atoms. The normalized spacial score (nSPS) is 19.5. The Hall–Kier alpha value is -0.760. The van der Waals surface area contributed by atoms with Crippen LogP contribution < -0.4 is 5.43 Å². The molecule has 2 heteroatoms. The van der Waals surface area contributed by atoms with E-state index in [9.17, 15) is 0 Å². The van der Waals surface area contributed by atoms with Gasteiger partial charge in [-0.25, -0.2) is 5.01 Å². The largest absolute Gasteiger partial charge is 0.326 e. The topological polar surface area (TPSA) is 15.3 Å². The molecule has 0 heterocycles. The summed E-state index contributed by atoms with van der Waals surface area (Å²) in [7, 11) is 2.11. The molecule has 1 saturated carbocycles. The smallest absolute Gasteiger partial charge is 0.0287 e. The number of hydrogen-bond acceptors (Lipinski definition) is 2. The van der Waals surface area contributed by atoms with Crippen LogP contribution in [0.4, 0.5) is 0 Å². The quantitative estimate of drug-likeness (QED) is 0.528. The molecule has 74 valence electrons. The maximum absolute atomic E-state index is 3.62. The molecule has 0 radical (unpaired) electrons. The Kier molecular flexibility index (Phi) is 4.61. The lowest BCUT2D eigenvalue weighted by atomic mass is 9.95. The fourth-order valence-electron chi connectivity index (χ4n) is 1.80. The fourth-order valence-corrected chi connectivity index (χ4v) is 1.80. The Balaban J connectivity index is 2.24. The van der Waals surface area contributed by atoms with E-state index < -0.39 is 0 Å². The van der Waals surface area contributed by atoms with E-state index >= 15 is 0 Å². The molecule has 0 saturated heterocycles. The molecule has 1 aliphatic rings. The summed E-state index contributed by atoms with van der Waals surface area (Å²) in [6.45, 7) is 3.62. The van der Waals surface area contributed by atoms with Crippen LogP contribution in [-0.2, 0) is 0 Å². The molecule has 1 rings (SSSR count). The number of allylic oxidation sites excluding steroid dienone is 2. The molecule has 1 aliphatic carbocycles. The van der Waals surface area contributed by atoms with Crippen LogP contribution in [0.2, 0.25) is 0 Å². The van der Waals surface area contributed by atoms with Crippen molar-refractivity contribution in [2.45, 2.75) is 38.1 Å². The van der Waals surface area contributed by atoms with E-state index in [4.69, 9.17) is 0 Å². The second-order valence-electron chi connectivity index (χ2n) is 3.63. The maximum Gasteiger partial charge on any atom is 0.0287 e. The SMILES string of the molecule is C=C/C=C\NN(C)C1CCCCC1. The van der Waals surface area contributed by atoms with Gasteiger partial charge in [0.05, 0.1) is 0 Å². The molecule has 1 fully saturated rings. The van der Waals surface area contributed by atoms with E-state index in [2.05, 4.69) is 24.1 Å². The van der Waals surface area contributed by atoms with E-state index in [1.807, 2.05) is 12.3 Å². The molecule has 0 aliphatic heterocycles. The Morgan fingerprint density at radius 3 is 2.62 bits per heavy atom. The summed E-state index contributed by atoms with van der Waals surface area (Å²) in [5.74, 6) is 0. The average Bonchev–Trinajstić information content (AvgIpc) is 2.19. The van der Waals surface area contributed by atoms with Crippen molar-refractivity contribution in [1.29, 1.82) is 0 Å². The third kappa shape index (κ3) is 3.64. The van der Waals surface area contributed by atoms with Crippen LogP contribution in [0, 0.1) is 0 Å². The predicted molar refractivity (Wildman–Crippen MR) is 57.1 cm³/mol. The van der Waals surface area contributed by atoms with Crippen LogP contribution >= 0.6 is 0 Å². The fraction of sp³-hybridized carbons (Fsp3) is 0.636. The summed E-state index contributed by atoms with van der Waals surface area (Å²) in [5.41, 5.74) is 3.23. The Bertz CT molecular complexity index is 169. The number of hydrazine groups is 1. The van der Waals surface area contributed by atoms with E-state index in [-0.39, 0.29) is 0 Å². The van der Waals surface area contributed by atoms with E-state index in [0.717, 1.165) is 0 Å². The number of nitrogens with zero attached hydrogens (tertiary/aromatic N) is 1. The van der Waals surface area contributed by atoms with Gasteiger partial charge in [0, 0.05) is 19.3 Å². The monoisotopic (exact) mass is 180 g/mol. The van der Waals surface area contributed by atoms with Crippen LogP contribution in [0.15, 0.2) is 24.9 Å². The number of rotatable bonds is 4. The second kappa shape index (κ2) is 5.81. The molecule has 0 spiro atoms. The van der Waals surface area contributed by atoms with Crippen molar-refractivity contribution >= 4 is 0 Å². The summed E-state index contributed by atoms with van der Waals surface area (Å²) >= 11 is 0. The van der Waals surface area contributed by atoms with Crippen molar-refractivity contribution < 1.29 is 0 Å². The minimum atomic E-state index is 0.711. The second-order valence-corrected chi connectivity index (χ2v) is 3.63. The molecule has 0 unspecified atom stereocenters. The summed E-state index contributed by atoms with van der Waals surface area (Å²) in [4.78, 5) is 0. The molecular weight excluding hydrogens is 160 g/mol. The molecule has 0 bridgehead atoms. The highest BCUT2D eigenvalue weighted by Gasteiger charge is 2.16. The van der Waals surface area contributed by atoms with E-state index in [1.165, 1.54) is 32.1 Å². The summed E-state index contributed by atoms with van der Waals surface area (Å²) in [5, 5.41) is 2.21. The first-order chi connectivity index (χ1) is 6.34. The van der Waals surface area contributed by atoms with E-state index in [0.29, 0.717) is 6.04 Å². The Morgan fingerprint density at radius 1 is 1.31 bits per heavy atom. The lowest BCUT2D eigenvalue weighted by Crippen LogP contribution is -2.40. The van der Waals surface area contributed by atoms with Gasteiger partial charge in [0.1, 0.15) is 0 Å². The van der Waals surface area contributed by atoms with Gasteiger partial charge in [0.25, 0.3) is 0 Å². The van der Waals surface area contributed by atoms with Gasteiger partial charge in [-0.1, -0.05) is 31.9 Å². The van der Waals surface area contributed by atoms with Gasteiger partial charge in [0.15, 0.2) is 0 Å². The zero-order chi connectivity index (χ0) is 9.52. The Labute approximate surface area is 81.3 Å². The molecular formula is C11H20N2.